The summed E-state index contributed by atoms with van der Waals surface area (Å²) in [4.78, 5) is 19.1. The molecular formula is C18H24N4O3. The van der Waals surface area contributed by atoms with Crippen LogP contribution < -0.4 is 15.7 Å². The number of phenols is 1. The highest BCUT2D eigenvalue weighted by atomic mass is 16.5. The van der Waals surface area contributed by atoms with Crippen molar-refractivity contribution < 1.29 is 9.84 Å². The molecule has 134 valence electrons. The van der Waals surface area contributed by atoms with Gasteiger partial charge in [0.25, 0.3) is 5.56 Å². The fourth-order valence-corrected chi connectivity index (χ4v) is 2.36. The number of unbranched alkanes of at least 4 members (excludes halogenated alkanes) is 1. The Hall–Kier alpha value is -2.83. The van der Waals surface area contributed by atoms with Gasteiger partial charge in [-0.3, -0.25) is 9.78 Å². The van der Waals surface area contributed by atoms with Crippen LogP contribution in [-0.4, -0.2) is 27.9 Å². The largest absolute Gasteiger partial charge is 0.507 e. The van der Waals surface area contributed by atoms with Crippen molar-refractivity contribution in [1.29, 1.82) is 0 Å². The Kier molecular flexibility index (Phi) is 6.56. The third-order valence-electron chi connectivity index (χ3n) is 3.69. The van der Waals surface area contributed by atoms with Crippen LogP contribution in [0.3, 0.4) is 0 Å². The number of aromatic nitrogens is 2. The number of benzene rings is 1. The molecule has 0 fully saturated rings. The first kappa shape index (κ1) is 18.5. The molecule has 0 radical (unpaired) electrons. The molecule has 1 heterocycles. The Morgan fingerprint density at radius 3 is 2.84 bits per heavy atom. The smallest absolute Gasteiger partial charge is 0.255 e. The number of aromatic hydroxyl groups is 1. The van der Waals surface area contributed by atoms with Gasteiger partial charge >= 0.3 is 0 Å². The summed E-state index contributed by atoms with van der Waals surface area (Å²) >= 11 is 0. The zero-order valence-electron chi connectivity index (χ0n) is 14.8. The standard InChI is InChI=1S/C18H24N4O3/c1-4-6-7-15-12(3)20-18(21-17(15)24)22-19-11-13-8-9-14(25-5-2)10-16(13)23/h8-11,23H,4-7H2,1-3H3,(H2,20,21,22,24)/b19-11-. The van der Waals surface area contributed by atoms with Crippen molar-refractivity contribution >= 4 is 12.2 Å². The number of phenolic OH excluding ortho intramolecular Hbond substituents is 1. The van der Waals surface area contributed by atoms with E-state index in [2.05, 4.69) is 27.4 Å². The summed E-state index contributed by atoms with van der Waals surface area (Å²) in [6.07, 6.45) is 4.14. The third kappa shape index (κ3) is 5.07. The van der Waals surface area contributed by atoms with E-state index in [0.29, 0.717) is 35.6 Å². The van der Waals surface area contributed by atoms with E-state index in [-0.39, 0.29) is 17.3 Å². The maximum atomic E-state index is 12.1. The van der Waals surface area contributed by atoms with E-state index in [1.54, 1.807) is 12.1 Å². The molecule has 0 bridgehead atoms. The number of rotatable bonds is 8. The van der Waals surface area contributed by atoms with Crippen molar-refractivity contribution in [2.45, 2.75) is 40.0 Å². The van der Waals surface area contributed by atoms with Gasteiger partial charge in [0.05, 0.1) is 12.8 Å². The van der Waals surface area contributed by atoms with Crippen molar-refractivity contribution in [2.75, 3.05) is 12.0 Å². The lowest BCUT2D eigenvalue weighted by molar-refractivity contribution is 0.337. The second-order valence-electron chi connectivity index (χ2n) is 5.61. The lowest BCUT2D eigenvalue weighted by Gasteiger charge is -2.06. The van der Waals surface area contributed by atoms with Crippen molar-refractivity contribution in [3.05, 3.63) is 45.4 Å². The van der Waals surface area contributed by atoms with Crippen molar-refractivity contribution in [3.63, 3.8) is 0 Å². The maximum Gasteiger partial charge on any atom is 0.255 e. The number of H-pyrrole nitrogens is 1. The van der Waals surface area contributed by atoms with Crippen LogP contribution in [0.5, 0.6) is 11.5 Å². The molecule has 2 rings (SSSR count). The Bertz CT molecular complexity index is 799. The second kappa shape index (κ2) is 8.86. The highest BCUT2D eigenvalue weighted by Gasteiger charge is 2.07. The third-order valence-corrected chi connectivity index (χ3v) is 3.69. The summed E-state index contributed by atoms with van der Waals surface area (Å²) in [5.41, 5.74) is 4.46. The summed E-state index contributed by atoms with van der Waals surface area (Å²) in [5, 5.41) is 14.0. The number of hydrazone groups is 1. The Morgan fingerprint density at radius 2 is 2.20 bits per heavy atom. The fourth-order valence-electron chi connectivity index (χ4n) is 2.36. The highest BCUT2D eigenvalue weighted by Crippen LogP contribution is 2.22. The molecule has 0 spiro atoms. The van der Waals surface area contributed by atoms with Crippen LogP contribution in [0.4, 0.5) is 5.95 Å². The monoisotopic (exact) mass is 344 g/mol. The molecule has 0 aliphatic heterocycles. The normalized spacial score (nSPS) is 11.0. The fraction of sp³-hybridized carbons (Fsp3) is 0.389. The first-order valence-corrected chi connectivity index (χ1v) is 8.39. The zero-order chi connectivity index (χ0) is 18.2. The predicted octanol–water partition coefficient (Wildman–Crippen LogP) is 2.97. The molecular weight excluding hydrogens is 320 g/mol. The molecule has 3 N–H and O–H groups in total. The van der Waals surface area contributed by atoms with Gasteiger partial charge in [0.2, 0.25) is 5.95 Å². The molecule has 0 atom stereocenters. The quantitative estimate of drug-likeness (QED) is 0.505. The average Bonchev–Trinajstić information content (AvgIpc) is 2.56. The predicted molar refractivity (Wildman–Crippen MR) is 98.7 cm³/mol. The van der Waals surface area contributed by atoms with Crippen LogP contribution in [-0.2, 0) is 6.42 Å². The van der Waals surface area contributed by atoms with Crippen LogP contribution in [0, 0.1) is 6.92 Å². The van der Waals surface area contributed by atoms with Crippen molar-refractivity contribution in [3.8, 4) is 11.5 Å². The van der Waals surface area contributed by atoms with E-state index < -0.39 is 0 Å². The van der Waals surface area contributed by atoms with Crippen LogP contribution >= 0.6 is 0 Å². The summed E-state index contributed by atoms with van der Waals surface area (Å²) in [6.45, 7) is 6.30. The van der Waals surface area contributed by atoms with Gasteiger partial charge in [-0.1, -0.05) is 13.3 Å². The summed E-state index contributed by atoms with van der Waals surface area (Å²) in [5.74, 6) is 0.919. The molecule has 0 saturated carbocycles. The van der Waals surface area contributed by atoms with E-state index in [9.17, 15) is 9.90 Å². The zero-order valence-corrected chi connectivity index (χ0v) is 14.8. The van der Waals surface area contributed by atoms with Gasteiger partial charge in [0, 0.05) is 22.9 Å². The SMILES string of the molecule is CCCCc1c(C)nc(N/N=C\c2ccc(OCC)cc2O)[nH]c1=O. The summed E-state index contributed by atoms with van der Waals surface area (Å²) < 4.78 is 5.31. The van der Waals surface area contributed by atoms with E-state index in [4.69, 9.17) is 4.74 Å². The molecule has 25 heavy (non-hydrogen) atoms. The van der Waals surface area contributed by atoms with Gasteiger partial charge in [-0.25, -0.2) is 10.4 Å². The molecule has 2 aromatic rings. The van der Waals surface area contributed by atoms with Gasteiger partial charge in [-0.2, -0.15) is 5.10 Å². The molecule has 0 aliphatic rings. The van der Waals surface area contributed by atoms with Gasteiger partial charge in [0.1, 0.15) is 11.5 Å². The number of hydrogen-bond acceptors (Lipinski definition) is 6. The Morgan fingerprint density at radius 1 is 1.40 bits per heavy atom. The number of hydrogen-bond donors (Lipinski definition) is 3. The van der Waals surface area contributed by atoms with Gasteiger partial charge < -0.3 is 9.84 Å². The minimum atomic E-state index is -0.150. The van der Waals surface area contributed by atoms with E-state index in [1.807, 2.05) is 13.8 Å². The van der Waals surface area contributed by atoms with Gasteiger partial charge in [-0.05, 0) is 38.8 Å². The highest BCUT2D eigenvalue weighted by molar-refractivity contribution is 5.84. The minimum absolute atomic E-state index is 0.0593. The lowest BCUT2D eigenvalue weighted by atomic mass is 10.1. The number of nitrogens with zero attached hydrogens (tertiary/aromatic N) is 2. The van der Waals surface area contributed by atoms with Gasteiger partial charge in [0.15, 0.2) is 0 Å². The molecule has 7 heteroatoms. The molecule has 0 aliphatic carbocycles. The lowest BCUT2D eigenvalue weighted by Crippen LogP contribution is -2.18. The summed E-state index contributed by atoms with van der Waals surface area (Å²) in [7, 11) is 0. The average molecular weight is 344 g/mol. The van der Waals surface area contributed by atoms with E-state index >= 15 is 0 Å². The number of aromatic amines is 1. The van der Waals surface area contributed by atoms with Crippen molar-refractivity contribution in [1.82, 2.24) is 9.97 Å². The molecule has 0 unspecified atom stereocenters. The molecule has 1 aromatic heterocycles. The first-order valence-electron chi connectivity index (χ1n) is 8.39. The van der Waals surface area contributed by atoms with Crippen molar-refractivity contribution in [2.24, 2.45) is 5.10 Å². The number of anilines is 1. The molecule has 7 nitrogen and oxygen atoms in total. The molecule has 1 aromatic carbocycles. The topological polar surface area (TPSA) is 99.6 Å². The first-order chi connectivity index (χ1) is 12.0. The number of aryl methyl sites for hydroxylation is 1. The van der Waals surface area contributed by atoms with Crippen LogP contribution in [0.25, 0.3) is 0 Å². The van der Waals surface area contributed by atoms with Gasteiger partial charge in [-0.15, -0.1) is 0 Å². The Labute approximate surface area is 146 Å². The van der Waals surface area contributed by atoms with Crippen LogP contribution in [0.1, 0.15) is 43.5 Å². The van der Waals surface area contributed by atoms with E-state index in [0.717, 1.165) is 12.8 Å². The minimum Gasteiger partial charge on any atom is -0.507 e. The summed E-state index contributed by atoms with van der Waals surface area (Å²) in [6, 6.07) is 4.97. The number of nitrogens with one attached hydrogen (secondary N) is 2. The van der Waals surface area contributed by atoms with Crippen LogP contribution in [0.2, 0.25) is 0 Å². The second-order valence-corrected chi connectivity index (χ2v) is 5.61. The Balaban J connectivity index is 2.08. The molecule has 0 saturated heterocycles. The van der Waals surface area contributed by atoms with E-state index in [1.165, 1.54) is 12.3 Å². The number of ether oxygens (including phenoxy) is 1. The maximum absolute atomic E-state index is 12.1. The molecule has 0 amide bonds. The van der Waals surface area contributed by atoms with Crippen LogP contribution in [0.15, 0.2) is 28.1 Å².